The fourth-order valence-corrected chi connectivity index (χ4v) is 2.57. The molecule has 108 valence electrons. The van der Waals surface area contributed by atoms with Gasteiger partial charge in [0.2, 0.25) is 0 Å². The highest BCUT2D eigenvalue weighted by molar-refractivity contribution is 6.31. The molecule has 0 bridgehead atoms. The van der Waals surface area contributed by atoms with Crippen molar-refractivity contribution in [1.82, 2.24) is 4.90 Å². The maximum absolute atomic E-state index is 11.3. The molecule has 5 heteroatoms. The Hall–Kier alpha value is -2.04. The number of ether oxygens (including phenoxy) is 1. The van der Waals surface area contributed by atoms with E-state index < -0.39 is 11.9 Å². The zero-order valence-electron chi connectivity index (χ0n) is 11.5. The first kappa shape index (κ1) is 14.4. The van der Waals surface area contributed by atoms with Crippen LogP contribution in [-0.4, -0.2) is 42.1 Å². The third kappa shape index (κ3) is 3.50. The summed E-state index contributed by atoms with van der Waals surface area (Å²) in [6, 6.07) is 7.98. The van der Waals surface area contributed by atoms with Gasteiger partial charge in [-0.3, -0.25) is 4.79 Å². The lowest BCUT2D eigenvalue weighted by Crippen LogP contribution is -2.42. The summed E-state index contributed by atoms with van der Waals surface area (Å²) in [4.78, 5) is 23.4. The Morgan fingerprint density at radius 2 is 1.85 bits per heavy atom. The molecular formula is C15H19NO4. The Morgan fingerprint density at radius 3 is 2.35 bits per heavy atom. The molecule has 0 spiro atoms. The van der Waals surface area contributed by atoms with Crippen LogP contribution in [0.5, 0.6) is 5.75 Å². The normalized spacial score (nSPS) is 15.9. The van der Waals surface area contributed by atoms with Crippen LogP contribution in [0.3, 0.4) is 0 Å². The van der Waals surface area contributed by atoms with Crippen LogP contribution in [0, 0.1) is 5.92 Å². The summed E-state index contributed by atoms with van der Waals surface area (Å²) < 4.78 is 5.12. The first-order chi connectivity index (χ1) is 9.60. The number of carboxylic acid groups (broad SMARTS) is 1. The number of methoxy groups -OCH3 is 1. The molecule has 0 aromatic heterocycles. The standard InChI is InChI=1S/C15H19NO4/c1-20-13-4-2-11(3-5-13)10-12-6-8-16(9-7-12)14(17)15(18)19/h2-5,12H,6-10H2,1H3,(H,18,19). The molecule has 2 rings (SSSR count). The van der Waals surface area contributed by atoms with E-state index in [9.17, 15) is 9.59 Å². The molecule has 20 heavy (non-hydrogen) atoms. The maximum Gasteiger partial charge on any atom is 0.394 e. The van der Waals surface area contributed by atoms with Gasteiger partial charge in [-0.2, -0.15) is 0 Å². The fraction of sp³-hybridized carbons (Fsp3) is 0.467. The molecule has 1 heterocycles. The van der Waals surface area contributed by atoms with Crippen molar-refractivity contribution in [1.29, 1.82) is 0 Å². The topological polar surface area (TPSA) is 66.8 Å². The van der Waals surface area contributed by atoms with Gasteiger partial charge in [-0.1, -0.05) is 12.1 Å². The van der Waals surface area contributed by atoms with E-state index in [1.807, 2.05) is 24.3 Å². The Morgan fingerprint density at radius 1 is 1.25 bits per heavy atom. The highest BCUT2D eigenvalue weighted by Crippen LogP contribution is 2.23. The van der Waals surface area contributed by atoms with Gasteiger partial charge in [0.15, 0.2) is 0 Å². The van der Waals surface area contributed by atoms with E-state index in [-0.39, 0.29) is 0 Å². The minimum Gasteiger partial charge on any atom is -0.497 e. The number of amides is 1. The van der Waals surface area contributed by atoms with E-state index in [4.69, 9.17) is 9.84 Å². The Bertz CT molecular complexity index is 475. The molecule has 1 aliphatic rings. The Balaban J connectivity index is 1.84. The van der Waals surface area contributed by atoms with Gasteiger partial charge in [0.1, 0.15) is 5.75 Å². The van der Waals surface area contributed by atoms with Crippen LogP contribution in [0.25, 0.3) is 0 Å². The number of carboxylic acids is 1. The maximum atomic E-state index is 11.3. The average molecular weight is 277 g/mol. The molecule has 1 amide bonds. The molecule has 5 nitrogen and oxygen atoms in total. The lowest BCUT2D eigenvalue weighted by Gasteiger charge is -2.30. The van der Waals surface area contributed by atoms with Gasteiger partial charge in [0.05, 0.1) is 7.11 Å². The number of hydrogen-bond acceptors (Lipinski definition) is 3. The molecule has 0 saturated carbocycles. The van der Waals surface area contributed by atoms with Gasteiger partial charge < -0.3 is 14.7 Å². The molecule has 1 aromatic rings. The molecule has 1 fully saturated rings. The van der Waals surface area contributed by atoms with Gasteiger partial charge in [-0.25, -0.2) is 4.79 Å². The Labute approximate surface area is 118 Å². The van der Waals surface area contributed by atoms with Gasteiger partial charge in [-0.15, -0.1) is 0 Å². The molecule has 1 N–H and O–H groups in total. The second-order valence-electron chi connectivity index (χ2n) is 5.09. The summed E-state index contributed by atoms with van der Waals surface area (Å²) in [5.41, 5.74) is 1.24. The van der Waals surface area contributed by atoms with E-state index in [1.54, 1.807) is 7.11 Å². The third-order valence-corrected chi connectivity index (χ3v) is 3.77. The van der Waals surface area contributed by atoms with Crippen molar-refractivity contribution in [2.45, 2.75) is 19.3 Å². The average Bonchev–Trinajstić information content (AvgIpc) is 2.48. The molecule has 1 aromatic carbocycles. The molecule has 0 unspecified atom stereocenters. The molecule has 1 saturated heterocycles. The minimum atomic E-state index is -1.36. The van der Waals surface area contributed by atoms with E-state index in [1.165, 1.54) is 10.5 Å². The summed E-state index contributed by atoms with van der Waals surface area (Å²) in [6.45, 7) is 1.07. The van der Waals surface area contributed by atoms with Crippen LogP contribution in [0.4, 0.5) is 0 Å². The van der Waals surface area contributed by atoms with Crippen molar-refractivity contribution in [3.05, 3.63) is 29.8 Å². The molecule has 1 aliphatic heterocycles. The van der Waals surface area contributed by atoms with E-state index in [0.717, 1.165) is 25.0 Å². The van der Waals surface area contributed by atoms with Crippen LogP contribution in [0.2, 0.25) is 0 Å². The monoisotopic (exact) mass is 277 g/mol. The number of aliphatic carboxylic acids is 1. The number of nitrogens with zero attached hydrogens (tertiary/aromatic N) is 1. The number of likely N-dealkylation sites (tertiary alicyclic amines) is 1. The zero-order valence-corrected chi connectivity index (χ0v) is 11.5. The predicted molar refractivity (Wildman–Crippen MR) is 73.6 cm³/mol. The fourth-order valence-electron chi connectivity index (χ4n) is 2.57. The molecule has 0 radical (unpaired) electrons. The second kappa shape index (κ2) is 6.41. The lowest BCUT2D eigenvalue weighted by atomic mass is 9.90. The zero-order chi connectivity index (χ0) is 14.5. The van der Waals surface area contributed by atoms with Gasteiger partial charge >= 0.3 is 11.9 Å². The van der Waals surface area contributed by atoms with Gasteiger partial charge in [0, 0.05) is 13.1 Å². The third-order valence-electron chi connectivity index (χ3n) is 3.77. The van der Waals surface area contributed by atoms with E-state index in [0.29, 0.717) is 19.0 Å². The molecule has 0 atom stereocenters. The number of carbonyl (C=O) groups excluding carboxylic acids is 1. The Kier molecular flexibility index (Phi) is 4.61. The van der Waals surface area contributed by atoms with Crippen LogP contribution in [0.1, 0.15) is 18.4 Å². The summed E-state index contributed by atoms with van der Waals surface area (Å²) in [6.07, 6.45) is 2.66. The van der Waals surface area contributed by atoms with Crippen LogP contribution in [-0.2, 0) is 16.0 Å². The van der Waals surface area contributed by atoms with Crippen molar-refractivity contribution in [3.63, 3.8) is 0 Å². The van der Waals surface area contributed by atoms with Crippen LogP contribution >= 0.6 is 0 Å². The summed E-state index contributed by atoms with van der Waals surface area (Å²) >= 11 is 0. The van der Waals surface area contributed by atoms with Crippen LogP contribution in [0.15, 0.2) is 24.3 Å². The SMILES string of the molecule is COc1ccc(CC2CCN(C(=O)C(=O)O)CC2)cc1. The molecule has 0 aliphatic carbocycles. The van der Waals surface area contributed by atoms with Gasteiger partial charge in [-0.05, 0) is 42.9 Å². The van der Waals surface area contributed by atoms with Crippen molar-refractivity contribution in [2.75, 3.05) is 20.2 Å². The minimum absolute atomic E-state index is 0.501. The first-order valence-electron chi connectivity index (χ1n) is 6.75. The van der Waals surface area contributed by atoms with Crippen LogP contribution < -0.4 is 4.74 Å². The summed E-state index contributed by atoms with van der Waals surface area (Å²) in [5, 5.41) is 8.68. The highest BCUT2D eigenvalue weighted by Gasteiger charge is 2.26. The van der Waals surface area contributed by atoms with E-state index in [2.05, 4.69) is 0 Å². The molecular weight excluding hydrogens is 258 g/mol. The van der Waals surface area contributed by atoms with Crippen molar-refractivity contribution in [2.24, 2.45) is 5.92 Å². The van der Waals surface area contributed by atoms with Crippen molar-refractivity contribution >= 4 is 11.9 Å². The first-order valence-corrected chi connectivity index (χ1v) is 6.75. The summed E-state index contributed by atoms with van der Waals surface area (Å²) in [7, 11) is 1.64. The smallest absolute Gasteiger partial charge is 0.394 e. The largest absolute Gasteiger partial charge is 0.497 e. The predicted octanol–water partition coefficient (Wildman–Crippen LogP) is 1.56. The number of rotatable bonds is 3. The lowest BCUT2D eigenvalue weighted by molar-refractivity contribution is -0.156. The quantitative estimate of drug-likeness (QED) is 0.851. The van der Waals surface area contributed by atoms with Gasteiger partial charge in [0.25, 0.3) is 0 Å². The number of piperidine rings is 1. The number of hydrogen-bond donors (Lipinski definition) is 1. The highest BCUT2D eigenvalue weighted by atomic mass is 16.5. The summed E-state index contributed by atoms with van der Waals surface area (Å²) in [5.74, 6) is -0.802. The van der Waals surface area contributed by atoms with E-state index >= 15 is 0 Å². The van der Waals surface area contributed by atoms with Crippen molar-refractivity contribution in [3.8, 4) is 5.75 Å². The van der Waals surface area contributed by atoms with Crippen molar-refractivity contribution < 1.29 is 19.4 Å². The number of carbonyl (C=O) groups is 2. The number of benzene rings is 1. The second-order valence-corrected chi connectivity index (χ2v) is 5.09.